The first-order valence-electron chi connectivity index (χ1n) is 2.91. The Morgan fingerprint density at radius 1 is 1.00 bits per heavy atom. The Kier molecular flexibility index (Phi) is 2.15. The maximum absolute atomic E-state index is 5.49. The minimum absolute atomic E-state index is 0.289. The molecule has 0 amide bonds. The molecule has 0 atom stereocenters. The van der Waals surface area contributed by atoms with E-state index in [9.17, 15) is 0 Å². The van der Waals surface area contributed by atoms with E-state index in [1.807, 2.05) is 0 Å². The zero-order chi connectivity index (χ0) is 8.27. The first-order chi connectivity index (χ1) is 5.29. The van der Waals surface area contributed by atoms with Crippen LogP contribution in [0.15, 0.2) is 18.2 Å². The average molecular weight is 155 g/mol. The van der Waals surface area contributed by atoms with Crippen molar-refractivity contribution in [3.8, 4) is 11.5 Å². The quantitative estimate of drug-likeness (QED) is 0.405. The molecule has 0 bridgehead atoms. The van der Waals surface area contributed by atoms with Crippen LogP contribution in [0.3, 0.4) is 0 Å². The van der Waals surface area contributed by atoms with Gasteiger partial charge in [0.2, 0.25) is 0 Å². The number of nitrogen functional groups attached to an aromatic ring is 1. The van der Waals surface area contributed by atoms with Gasteiger partial charge in [0.15, 0.2) is 11.5 Å². The largest absolute Gasteiger partial charge is 0.409 e. The van der Waals surface area contributed by atoms with Gasteiger partial charge >= 0.3 is 0 Å². The van der Waals surface area contributed by atoms with Crippen LogP contribution in [0.25, 0.3) is 0 Å². The number of benzene rings is 1. The van der Waals surface area contributed by atoms with Crippen LogP contribution in [-0.2, 0) is 0 Å². The Bertz CT molecular complexity index is 229. The molecule has 0 aliphatic carbocycles. The molecule has 0 aromatic heterocycles. The van der Waals surface area contributed by atoms with Crippen molar-refractivity contribution in [2.24, 2.45) is 11.8 Å². The smallest absolute Gasteiger partial charge is 0.173 e. The van der Waals surface area contributed by atoms with Gasteiger partial charge in [0.25, 0.3) is 0 Å². The normalized spacial score (nSPS) is 9.27. The Hall–Kier alpha value is -1.46. The maximum atomic E-state index is 5.49. The van der Waals surface area contributed by atoms with E-state index in [4.69, 9.17) is 17.5 Å². The predicted molar refractivity (Wildman–Crippen MR) is 40.5 cm³/mol. The van der Waals surface area contributed by atoms with E-state index in [0.29, 0.717) is 11.5 Å². The van der Waals surface area contributed by atoms with E-state index >= 15 is 0 Å². The van der Waals surface area contributed by atoms with E-state index in [1.165, 1.54) is 0 Å². The van der Waals surface area contributed by atoms with Crippen molar-refractivity contribution in [1.29, 1.82) is 0 Å². The standard InChI is InChI=1S/C6H9N3O2/c7-6-4(10-8)2-1-3-5(6)11-9/h1-3H,7-9H2. The molecule has 0 aliphatic heterocycles. The molecule has 5 nitrogen and oxygen atoms in total. The van der Waals surface area contributed by atoms with Crippen LogP contribution >= 0.6 is 0 Å². The van der Waals surface area contributed by atoms with Crippen LogP contribution in [0, 0.1) is 0 Å². The van der Waals surface area contributed by atoms with Crippen LogP contribution in [0.1, 0.15) is 0 Å². The lowest BCUT2D eigenvalue weighted by molar-refractivity contribution is 0.320. The Labute approximate surface area is 63.6 Å². The van der Waals surface area contributed by atoms with Gasteiger partial charge in [-0.15, -0.1) is 0 Å². The minimum atomic E-state index is 0.289. The van der Waals surface area contributed by atoms with Gasteiger partial charge in [-0.2, -0.15) is 11.8 Å². The van der Waals surface area contributed by atoms with Crippen molar-refractivity contribution in [2.45, 2.75) is 0 Å². The molecule has 0 aliphatic rings. The topological polar surface area (TPSA) is 96.5 Å². The van der Waals surface area contributed by atoms with Crippen LogP contribution in [0.2, 0.25) is 0 Å². The van der Waals surface area contributed by atoms with Crippen molar-refractivity contribution in [3.05, 3.63) is 18.2 Å². The zero-order valence-corrected chi connectivity index (χ0v) is 5.78. The summed E-state index contributed by atoms with van der Waals surface area (Å²) >= 11 is 0. The molecule has 0 fully saturated rings. The summed E-state index contributed by atoms with van der Waals surface area (Å²) in [7, 11) is 0. The van der Waals surface area contributed by atoms with Crippen molar-refractivity contribution in [3.63, 3.8) is 0 Å². The average Bonchev–Trinajstić information content (AvgIpc) is 2.05. The second-order valence-corrected chi connectivity index (χ2v) is 1.90. The fourth-order valence-electron chi connectivity index (χ4n) is 0.729. The summed E-state index contributed by atoms with van der Waals surface area (Å²) in [6, 6.07) is 4.89. The molecule has 1 rings (SSSR count). The lowest BCUT2D eigenvalue weighted by atomic mass is 10.3. The summed E-state index contributed by atoms with van der Waals surface area (Å²) in [5.41, 5.74) is 5.78. The molecule has 0 spiro atoms. The Balaban J connectivity index is 3.10. The van der Waals surface area contributed by atoms with E-state index in [-0.39, 0.29) is 5.69 Å². The molecule has 1 aromatic carbocycles. The molecule has 0 saturated heterocycles. The molecule has 0 heterocycles. The number of nitrogens with two attached hydrogens (primary N) is 3. The van der Waals surface area contributed by atoms with Gasteiger partial charge < -0.3 is 15.4 Å². The maximum Gasteiger partial charge on any atom is 0.173 e. The lowest BCUT2D eigenvalue weighted by Gasteiger charge is -2.05. The summed E-state index contributed by atoms with van der Waals surface area (Å²) in [4.78, 5) is 8.85. The summed E-state index contributed by atoms with van der Waals surface area (Å²) in [6.45, 7) is 0. The number of anilines is 1. The summed E-state index contributed by atoms with van der Waals surface area (Å²) in [5.74, 6) is 10.5. The Morgan fingerprint density at radius 2 is 1.45 bits per heavy atom. The van der Waals surface area contributed by atoms with Crippen LogP contribution in [0.4, 0.5) is 5.69 Å². The van der Waals surface area contributed by atoms with E-state index in [0.717, 1.165) is 0 Å². The summed E-state index contributed by atoms with van der Waals surface area (Å²) in [6.07, 6.45) is 0. The SMILES string of the molecule is NOc1cccc(ON)c1N. The fourth-order valence-corrected chi connectivity index (χ4v) is 0.729. The third-order valence-electron chi connectivity index (χ3n) is 1.28. The first-order valence-corrected chi connectivity index (χ1v) is 2.91. The molecule has 0 radical (unpaired) electrons. The molecular formula is C6H9N3O2. The van der Waals surface area contributed by atoms with Gasteiger partial charge in [-0.05, 0) is 12.1 Å². The molecule has 6 N–H and O–H groups in total. The van der Waals surface area contributed by atoms with Gasteiger partial charge in [-0.25, -0.2) is 0 Å². The van der Waals surface area contributed by atoms with Gasteiger partial charge in [0.05, 0.1) is 0 Å². The van der Waals surface area contributed by atoms with E-state index in [2.05, 4.69) is 9.68 Å². The predicted octanol–water partition coefficient (Wildman–Crippen LogP) is -0.226. The monoisotopic (exact) mass is 155 g/mol. The molecule has 11 heavy (non-hydrogen) atoms. The number of para-hydroxylation sites is 1. The minimum Gasteiger partial charge on any atom is -0.409 e. The van der Waals surface area contributed by atoms with Crippen molar-refractivity contribution in [2.75, 3.05) is 5.73 Å². The third-order valence-corrected chi connectivity index (χ3v) is 1.28. The molecule has 60 valence electrons. The second kappa shape index (κ2) is 3.09. The van der Waals surface area contributed by atoms with Gasteiger partial charge in [-0.3, -0.25) is 0 Å². The molecule has 0 saturated carbocycles. The second-order valence-electron chi connectivity index (χ2n) is 1.90. The number of rotatable bonds is 2. The zero-order valence-electron chi connectivity index (χ0n) is 5.78. The van der Waals surface area contributed by atoms with Gasteiger partial charge in [0.1, 0.15) is 5.69 Å². The van der Waals surface area contributed by atoms with Crippen molar-refractivity contribution >= 4 is 5.69 Å². The third kappa shape index (κ3) is 1.34. The Morgan fingerprint density at radius 3 is 1.82 bits per heavy atom. The summed E-state index contributed by atoms with van der Waals surface area (Å²) in [5, 5.41) is 0. The molecule has 5 heteroatoms. The fraction of sp³-hybridized carbons (Fsp3) is 0. The van der Waals surface area contributed by atoms with Gasteiger partial charge in [0, 0.05) is 0 Å². The molecule has 1 aromatic rings. The lowest BCUT2D eigenvalue weighted by Crippen LogP contribution is -2.08. The van der Waals surface area contributed by atoms with Crippen LogP contribution in [0.5, 0.6) is 11.5 Å². The van der Waals surface area contributed by atoms with Gasteiger partial charge in [-0.1, -0.05) is 6.07 Å². The summed E-state index contributed by atoms with van der Waals surface area (Å²) < 4.78 is 0. The highest BCUT2D eigenvalue weighted by Gasteiger charge is 2.04. The highest BCUT2D eigenvalue weighted by molar-refractivity contribution is 5.62. The number of hydrogen-bond acceptors (Lipinski definition) is 5. The highest BCUT2D eigenvalue weighted by atomic mass is 16.6. The molecule has 0 unspecified atom stereocenters. The highest BCUT2D eigenvalue weighted by Crippen LogP contribution is 2.29. The van der Waals surface area contributed by atoms with E-state index in [1.54, 1.807) is 18.2 Å². The first kappa shape index (κ1) is 7.64. The van der Waals surface area contributed by atoms with Crippen molar-refractivity contribution < 1.29 is 9.68 Å². The molecular weight excluding hydrogens is 146 g/mol. The number of hydrogen-bond donors (Lipinski definition) is 3. The van der Waals surface area contributed by atoms with Crippen molar-refractivity contribution in [1.82, 2.24) is 0 Å². The van der Waals surface area contributed by atoms with E-state index < -0.39 is 0 Å². The van der Waals surface area contributed by atoms with Crippen LogP contribution in [-0.4, -0.2) is 0 Å². The van der Waals surface area contributed by atoms with Crippen LogP contribution < -0.4 is 27.2 Å².